The summed E-state index contributed by atoms with van der Waals surface area (Å²) >= 11 is 6.26. The highest BCUT2D eigenvalue weighted by molar-refractivity contribution is 6.30. The first-order valence-electron chi connectivity index (χ1n) is 6.57. The van der Waals surface area contributed by atoms with Crippen LogP contribution in [-0.4, -0.2) is 4.98 Å². The standard InChI is InChI=1S/C17H15ClN2/c1-12-7-8-16-13(9-12)10-14(17(18)20-16)11-19-15-5-3-2-4-6-15/h2-10,19H,11H2,1H3. The molecule has 3 aromatic rings. The number of pyridine rings is 1. The second-order valence-corrected chi connectivity index (χ2v) is 5.21. The van der Waals surface area contributed by atoms with Crippen molar-refractivity contribution in [2.45, 2.75) is 13.5 Å². The molecule has 0 aliphatic rings. The molecule has 3 rings (SSSR count). The molecular formula is C17H15ClN2. The van der Waals surface area contributed by atoms with Gasteiger partial charge in [-0.25, -0.2) is 4.98 Å². The van der Waals surface area contributed by atoms with Crippen LogP contribution < -0.4 is 5.32 Å². The van der Waals surface area contributed by atoms with Gasteiger partial charge in [0, 0.05) is 23.2 Å². The first-order chi connectivity index (χ1) is 9.72. The van der Waals surface area contributed by atoms with Gasteiger partial charge in [-0.2, -0.15) is 0 Å². The SMILES string of the molecule is Cc1ccc2nc(Cl)c(CNc3ccccc3)cc2c1. The van der Waals surface area contributed by atoms with E-state index in [1.807, 2.05) is 42.5 Å². The van der Waals surface area contributed by atoms with Gasteiger partial charge in [0.25, 0.3) is 0 Å². The van der Waals surface area contributed by atoms with E-state index < -0.39 is 0 Å². The summed E-state index contributed by atoms with van der Waals surface area (Å²) in [6.45, 7) is 2.75. The van der Waals surface area contributed by atoms with Crippen molar-refractivity contribution < 1.29 is 0 Å². The third kappa shape index (κ3) is 2.75. The molecule has 0 unspecified atom stereocenters. The van der Waals surface area contributed by atoms with Crippen molar-refractivity contribution in [3.63, 3.8) is 0 Å². The lowest BCUT2D eigenvalue weighted by molar-refractivity contribution is 1.13. The minimum atomic E-state index is 0.560. The number of hydrogen-bond acceptors (Lipinski definition) is 2. The molecule has 0 fully saturated rings. The lowest BCUT2D eigenvalue weighted by Gasteiger charge is -2.09. The van der Waals surface area contributed by atoms with E-state index in [4.69, 9.17) is 11.6 Å². The van der Waals surface area contributed by atoms with E-state index in [2.05, 4.69) is 29.4 Å². The van der Waals surface area contributed by atoms with E-state index >= 15 is 0 Å². The quantitative estimate of drug-likeness (QED) is 0.698. The summed E-state index contributed by atoms with van der Waals surface area (Å²) < 4.78 is 0. The molecule has 3 heteroatoms. The number of anilines is 1. The fourth-order valence-corrected chi connectivity index (χ4v) is 2.41. The van der Waals surface area contributed by atoms with Gasteiger partial charge in [0.2, 0.25) is 0 Å². The third-order valence-corrected chi connectivity index (χ3v) is 3.58. The molecule has 0 bridgehead atoms. The Morgan fingerprint density at radius 1 is 1.05 bits per heavy atom. The maximum Gasteiger partial charge on any atom is 0.134 e. The van der Waals surface area contributed by atoms with Crippen LogP contribution in [0.25, 0.3) is 10.9 Å². The van der Waals surface area contributed by atoms with Crippen molar-refractivity contribution in [3.8, 4) is 0 Å². The summed E-state index contributed by atoms with van der Waals surface area (Å²) in [5.41, 5.74) is 4.24. The number of aromatic nitrogens is 1. The van der Waals surface area contributed by atoms with E-state index in [1.54, 1.807) is 0 Å². The van der Waals surface area contributed by atoms with Crippen LogP contribution in [0, 0.1) is 6.92 Å². The second kappa shape index (κ2) is 5.51. The fourth-order valence-electron chi connectivity index (χ4n) is 2.19. The molecule has 2 aromatic carbocycles. The van der Waals surface area contributed by atoms with Crippen LogP contribution in [0.5, 0.6) is 0 Å². The molecule has 0 saturated heterocycles. The van der Waals surface area contributed by atoms with E-state index in [0.717, 1.165) is 22.2 Å². The summed E-state index contributed by atoms with van der Waals surface area (Å²) in [7, 11) is 0. The largest absolute Gasteiger partial charge is 0.381 e. The Balaban J connectivity index is 1.89. The molecule has 0 atom stereocenters. The molecule has 0 amide bonds. The number of rotatable bonds is 3. The topological polar surface area (TPSA) is 24.9 Å². The van der Waals surface area contributed by atoms with E-state index in [9.17, 15) is 0 Å². The molecule has 0 spiro atoms. The maximum atomic E-state index is 6.26. The smallest absolute Gasteiger partial charge is 0.134 e. The Labute approximate surface area is 123 Å². The summed E-state index contributed by atoms with van der Waals surface area (Å²) in [6.07, 6.45) is 0. The zero-order valence-electron chi connectivity index (χ0n) is 11.2. The van der Waals surface area contributed by atoms with Gasteiger partial charge in [-0.05, 0) is 37.3 Å². The Morgan fingerprint density at radius 2 is 1.85 bits per heavy atom. The van der Waals surface area contributed by atoms with Gasteiger partial charge in [-0.1, -0.05) is 41.4 Å². The van der Waals surface area contributed by atoms with Crippen LogP contribution >= 0.6 is 11.6 Å². The minimum absolute atomic E-state index is 0.560. The number of benzene rings is 2. The van der Waals surface area contributed by atoms with Gasteiger partial charge in [0.05, 0.1) is 5.52 Å². The summed E-state index contributed by atoms with van der Waals surface area (Å²) in [5, 5.41) is 5.04. The zero-order valence-corrected chi connectivity index (χ0v) is 12.0. The second-order valence-electron chi connectivity index (χ2n) is 4.85. The maximum absolute atomic E-state index is 6.26. The average Bonchev–Trinajstić information content (AvgIpc) is 2.46. The predicted octanol–water partition coefficient (Wildman–Crippen LogP) is 4.81. The number of nitrogens with one attached hydrogen (secondary N) is 1. The van der Waals surface area contributed by atoms with Crippen LogP contribution in [0.2, 0.25) is 5.15 Å². The molecule has 2 nitrogen and oxygen atoms in total. The lowest BCUT2D eigenvalue weighted by Crippen LogP contribution is -2.01. The normalized spacial score (nSPS) is 10.7. The molecule has 1 aromatic heterocycles. The van der Waals surface area contributed by atoms with E-state index in [1.165, 1.54) is 5.56 Å². The number of hydrogen-bond donors (Lipinski definition) is 1. The fraction of sp³-hybridized carbons (Fsp3) is 0.118. The number of fused-ring (bicyclic) bond motifs is 1. The molecule has 0 aliphatic heterocycles. The van der Waals surface area contributed by atoms with Crippen molar-refractivity contribution in [2.24, 2.45) is 0 Å². The van der Waals surface area contributed by atoms with Crippen molar-refractivity contribution in [3.05, 3.63) is 70.9 Å². The number of para-hydroxylation sites is 1. The molecule has 0 saturated carbocycles. The van der Waals surface area contributed by atoms with Crippen LogP contribution in [0.1, 0.15) is 11.1 Å². The third-order valence-electron chi connectivity index (χ3n) is 3.25. The minimum Gasteiger partial charge on any atom is -0.381 e. The number of halogens is 1. The number of nitrogens with zero attached hydrogens (tertiary/aromatic N) is 1. The number of aryl methyl sites for hydroxylation is 1. The van der Waals surface area contributed by atoms with E-state index in [-0.39, 0.29) is 0 Å². The highest BCUT2D eigenvalue weighted by atomic mass is 35.5. The molecule has 0 radical (unpaired) electrons. The average molecular weight is 283 g/mol. The summed E-state index contributed by atoms with van der Waals surface area (Å²) in [4.78, 5) is 4.45. The van der Waals surface area contributed by atoms with Crippen molar-refractivity contribution in [2.75, 3.05) is 5.32 Å². The van der Waals surface area contributed by atoms with Crippen molar-refractivity contribution >= 4 is 28.2 Å². The highest BCUT2D eigenvalue weighted by Crippen LogP contribution is 2.22. The van der Waals surface area contributed by atoms with Gasteiger partial charge in [0.1, 0.15) is 5.15 Å². The van der Waals surface area contributed by atoms with Gasteiger partial charge in [-0.15, -0.1) is 0 Å². The van der Waals surface area contributed by atoms with E-state index in [0.29, 0.717) is 11.7 Å². The Morgan fingerprint density at radius 3 is 2.65 bits per heavy atom. The van der Waals surface area contributed by atoms with Gasteiger partial charge in [0.15, 0.2) is 0 Å². The van der Waals surface area contributed by atoms with Crippen LogP contribution in [0.3, 0.4) is 0 Å². The predicted molar refractivity (Wildman–Crippen MR) is 85.3 cm³/mol. The summed E-state index contributed by atoms with van der Waals surface area (Å²) in [5.74, 6) is 0. The van der Waals surface area contributed by atoms with Crippen LogP contribution in [-0.2, 0) is 6.54 Å². The molecule has 1 heterocycles. The first-order valence-corrected chi connectivity index (χ1v) is 6.95. The van der Waals surface area contributed by atoms with Crippen molar-refractivity contribution in [1.29, 1.82) is 0 Å². The van der Waals surface area contributed by atoms with Gasteiger partial charge >= 0.3 is 0 Å². The molecular weight excluding hydrogens is 268 g/mol. The van der Waals surface area contributed by atoms with Crippen LogP contribution in [0.15, 0.2) is 54.6 Å². The zero-order chi connectivity index (χ0) is 13.9. The molecule has 0 aliphatic carbocycles. The Kier molecular flexibility index (Phi) is 3.57. The van der Waals surface area contributed by atoms with Gasteiger partial charge in [-0.3, -0.25) is 0 Å². The van der Waals surface area contributed by atoms with Crippen molar-refractivity contribution in [1.82, 2.24) is 4.98 Å². The Bertz CT molecular complexity index is 739. The van der Waals surface area contributed by atoms with Crippen LogP contribution in [0.4, 0.5) is 5.69 Å². The van der Waals surface area contributed by atoms with Gasteiger partial charge < -0.3 is 5.32 Å². The first kappa shape index (κ1) is 12.9. The monoisotopic (exact) mass is 282 g/mol. The summed E-state index contributed by atoms with van der Waals surface area (Å²) in [6, 6.07) is 18.4. The Hall–Kier alpha value is -2.06. The highest BCUT2D eigenvalue weighted by Gasteiger charge is 2.05. The molecule has 20 heavy (non-hydrogen) atoms. The molecule has 1 N–H and O–H groups in total. The molecule has 100 valence electrons. The lowest BCUT2D eigenvalue weighted by atomic mass is 10.1.